The van der Waals surface area contributed by atoms with Crippen LogP contribution in [0.5, 0.6) is 0 Å². The van der Waals surface area contributed by atoms with Gasteiger partial charge in [0.1, 0.15) is 48.8 Å². The fourth-order valence-corrected chi connectivity index (χ4v) is 3.33. The van der Waals surface area contributed by atoms with E-state index in [0.29, 0.717) is 0 Å². The first-order valence-electron chi connectivity index (χ1n) is 8.44. The van der Waals surface area contributed by atoms with Crippen molar-refractivity contribution >= 4 is 0 Å². The van der Waals surface area contributed by atoms with E-state index in [1.165, 1.54) is 0 Å². The Kier molecular flexibility index (Phi) is 5.88. The van der Waals surface area contributed by atoms with Crippen LogP contribution in [0.15, 0.2) is 0 Å². The first kappa shape index (κ1) is 20.3. The van der Waals surface area contributed by atoms with Gasteiger partial charge in [-0.05, 0) is 13.8 Å². The molecule has 26 heavy (non-hydrogen) atoms. The molecule has 11 nitrogen and oxygen atoms in total. The maximum atomic E-state index is 10.4. The van der Waals surface area contributed by atoms with Crippen LogP contribution in [-0.2, 0) is 23.7 Å². The molecular weight excluding hydrogens is 356 g/mol. The van der Waals surface area contributed by atoms with Crippen LogP contribution in [0, 0.1) is 0 Å². The van der Waals surface area contributed by atoms with Crippen LogP contribution in [0.25, 0.3) is 0 Å². The van der Waals surface area contributed by atoms with Gasteiger partial charge in [-0.3, -0.25) is 0 Å². The van der Waals surface area contributed by atoms with E-state index in [1.807, 2.05) is 0 Å². The first-order chi connectivity index (χ1) is 12.1. The Morgan fingerprint density at radius 3 is 2.31 bits per heavy atom. The van der Waals surface area contributed by atoms with E-state index in [-0.39, 0.29) is 6.61 Å². The number of aliphatic hydroxyl groups is 6. The predicted octanol–water partition coefficient (Wildman–Crippen LogP) is -3.60. The molecule has 0 radical (unpaired) electrons. The van der Waals surface area contributed by atoms with Crippen LogP contribution >= 0.6 is 0 Å². The number of rotatable bonds is 3. The van der Waals surface area contributed by atoms with Crippen molar-refractivity contribution in [2.75, 3.05) is 13.2 Å². The van der Waals surface area contributed by atoms with Gasteiger partial charge in [-0.25, -0.2) is 0 Å². The number of fused-ring (bicyclic) bond motifs is 1. The van der Waals surface area contributed by atoms with Crippen LogP contribution < -0.4 is 0 Å². The highest BCUT2D eigenvalue weighted by molar-refractivity contribution is 4.96. The molecule has 0 aliphatic carbocycles. The van der Waals surface area contributed by atoms with Crippen molar-refractivity contribution in [3.8, 4) is 0 Å². The average molecular weight is 382 g/mol. The van der Waals surface area contributed by atoms with E-state index in [2.05, 4.69) is 0 Å². The molecule has 3 fully saturated rings. The van der Waals surface area contributed by atoms with Crippen molar-refractivity contribution in [3.63, 3.8) is 0 Å². The van der Waals surface area contributed by atoms with Crippen LogP contribution in [-0.4, -0.2) is 111 Å². The molecule has 3 rings (SSSR count). The minimum atomic E-state index is -1.70. The molecule has 11 heteroatoms. The van der Waals surface area contributed by atoms with Gasteiger partial charge in [-0.2, -0.15) is 0 Å². The van der Waals surface area contributed by atoms with Gasteiger partial charge in [-0.15, -0.1) is 0 Å². The summed E-state index contributed by atoms with van der Waals surface area (Å²) in [6.07, 6.45) is -13.3. The summed E-state index contributed by atoms with van der Waals surface area (Å²) in [6.45, 7) is 2.79. The minimum absolute atomic E-state index is 0.0792. The summed E-state index contributed by atoms with van der Waals surface area (Å²) >= 11 is 0. The lowest BCUT2D eigenvalue weighted by Crippen LogP contribution is -2.67. The Bertz CT molecular complexity index is 484. The number of ether oxygens (including phenoxy) is 5. The maximum Gasteiger partial charge on any atom is 0.187 e. The third-order valence-corrected chi connectivity index (χ3v) is 4.79. The zero-order valence-electron chi connectivity index (χ0n) is 14.4. The number of hydrogen-bond donors (Lipinski definition) is 6. The van der Waals surface area contributed by atoms with Crippen molar-refractivity contribution in [1.82, 2.24) is 0 Å². The molecule has 0 aromatic rings. The second-order valence-electron chi connectivity index (χ2n) is 7.15. The Morgan fingerprint density at radius 2 is 1.65 bits per heavy atom. The maximum absolute atomic E-state index is 10.4. The highest BCUT2D eigenvalue weighted by Gasteiger charge is 2.53. The lowest BCUT2D eigenvalue weighted by molar-refractivity contribution is -0.397. The monoisotopic (exact) mass is 382 g/mol. The van der Waals surface area contributed by atoms with E-state index in [4.69, 9.17) is 23.7 Å². The molecule has 0 saturated carbocycles. The van der Waals surface area contributed by atoms with E-state index in [0.717, 1.165) is 0 Å². The third-order valence-electron chi connectivity index (χ3n) is 4.79. The fourth-order valence-electron chi connectivity index (χ4n) is 3.33. The number of aliphatic hydroxyl groups excluding tert-OH is 6. The van der Waals surface area contributed by atoms with Gasteiger partial charge in [0.15, 0.2) is 18.4 Å². The molecule has 1 unspecified atom stereocenters. The first-order valence-corrected chi connectivity index (χ1v) is 8.44. The second kappa shape index (κ2) is 7.53. The van der Waals surface area contributed by atoms with E-state index < -0.39 is 73.8 Å². The normalized spacial score (nSPS) is 51.7. The van der Waals surface area contributed by atoms with E-state index in [1.54, 1.807) is 13.8 Å². The highest BCUT2D eigenvalue weighted by atomic mass is 16.8. The molecule has 0 amide bonds. The molecule has 3 aliphatic heterocycles. The molecule has 0 aromatic heterocycles. The summed E-state index contributed by atoms with van der Waals surface area (Å²) in [5.74, 6) is -0.950. The Labute approximate surface area is 149 Å². The van der Waals surface area contributed by atoms with Crippen molar-refractivity contribution < 1.29 is 54.3 Å². The third kappa shape index (κ3) is 3.75. The zero-order chi connectivity index (χ0) is 19.2. The van der Waals surface area contributed by atoms with Gasteiger partial charge in [0.05, 0.1) is 13.2 Å². The quantitative estimate of drug-likeness (QED) is 0.285. The standard InChI is InChI=1S/C15H26O11/c1-15(2)22-4-6-12(26-15)8(18)10(20)14(24-6)25-11-5(3-16)23-13(21)9(19)7(11)17/h5-14,16-21H,3-4H2,1-2H3/t5-,6-,7-,8-,9-,10-,11-,12+,13?,14-/m1/s1. The Morgan fingerprint density at radius 1 is 0.962 bits per heavy atom. The lowest BCUT2D eigenvalue weighted by atomic mass is 9.96. The van der Waals surface area contributed by atoms with Crippen molar-refractivity contribution in [2.24, 2.45) is 0 Å². The van der Waals surface area contributed by atoms with Crippen LogP contribution in [0.2, 0.25) is 0 Å². The van der Waals surface area contributed by atoms with E-state index >= 15 is 0 Å². The molecule has 6 N–H and O–H groups in total. The van der Waals surface area contributed by atoms with Gasteiger partial charge >= 0.3 is 0 Å². The molecule has 3 saturated heterocycles. The van der Waals surface area contributed by atoms with E-state index in [9.17, 15) is 30.6 Å². The van der Waals surface area contributed by atoms with Crippen molar-refractivity contribution in [2.45, 2.75) is 81.0 Å². The van der Waals surface area contributed by atoms with Crippen LogP contribution in [0.1, 0.15) is 13.8 Å². The largest absolute Gasteiger partial charge is 0.394 e. The number of hydrogen-bond acceptors (Lipinski definition) is 11. The SMILES string of the molecule is CC1(C)OC[C@H]2O[C@H](O[C@H]3[C@H](O)[C@@H](O)C(O)O[C@@H]3CO)[C@H](O)[C@@H](O)[C@H]2O1. The highest BCUT2D eigenvalue weighted by Crippen LogP contribution is 2.34. The molecule has 0 spiro atoms. The zero-order valence-corrected chi connectivity index (χ0v) is 14.4. The van der Waals surface area contributed by atoms with Crippen molar-refractivity contribution in [1.29, 1.82) is 0 Å². The molecule has 3 aliphatic rings. The molecule has 152 valence electrons. The molecule has 0 bridgehead atoms. The van der Waals surface area contributed by atoms with Crippen molar-refractivity contribution in [3.05, 3.63) is 0 Å². The summed E-state index contributed by atoms with van der Waals surface area (Å²) < 4.78 is 27.2. The summed E-state index contributed by atoms with van der Waals surface area (Å²) in [7, 11) is 0. The van der Waals surface area contributed by atoms with Crippen LogP contribution in [0.4, 0.5) is 0 Å². The molecule has 0 aromatic carbocycles. The molecule has 3 heterocycles. The van der Waals surface area contributed by atoms with Gasteiger partial charge in [0, 0.05) is 0 Å². The van der Waals surface area contributed by atoms with Gasteiger partial charge in [-0.1, -0.05) is 0 Å². The minimum Gasteiger partial charge on any atom is -0.394 e. The summed E-state index contributed by atoms with van der Waals surface area (Å²) in [5, 5.41) is 59.4. The molecule has 10 atom stereocenters. The van der Waals surface area contributed by atoms with Gasteiger partial charge < -0.3 is 54.3 Å². The molecular formula is C15H26O11. The van der Waals surface area contributed by atoms with Crippen LogP contribution in [0.3, 0.4) is 0 Å². The summed E-state index contributed by atoms with van der Waals surface area (Å²) in [5.41, 5.74) is 0. The second-order valence-corrected chi connectivity index (χ2v) is 7.15. The van der Waals surface area contributed by atoms with Gasteiger partial charge in [0.25, 0.3) is 0 Å². The fraction of sp³-hybridized carbons (Fsp3) is 1.00. The predicted molar refractivity (Wildman–Crippen MR) is 80.4 cm³/mol. The Hall–Kier alpha value is -0.440. The summed E-state index contributed by atoms with van der Waals surface area (Å²) in [6, 6.07) is 0. The van der Waals surface area contributed by atoms with Gasteiger partial charge in [0.2, 0.25) is 0 Å². The lowest BCUT2D eigenvalue weighted by Gasteiger charge is -2.50. The summed E-state index contributed by atoms with van der Waals surface area (Å²) in [4.78, 5) is 0. The average Bonchev–Trinajstić information content (AvgIpc) is 2.59. The topological polar surface area (TPSA) is 168 Å². The smallest absolute Gasteiger partial charge is 0.187 e. The Balaban J connectivity index is 1.71.